The summed E-state index contributed by atoms with van der Waals surface area (Å²) in [5.74, 6) is -0.699. The number of hydrogen-bond acceptors (Lipinski definition) is 5. The molecule has 0 saturated carbocycles. The summed E-state index contributed by atoms with van der Waals surface area (Å²) in [4.78, 5) is 23.5. The third-order valence-electron chi connectivity index (χ3n) is 3.58. The number of halogens is 1. The van der Waals surface area contributed by atoms with Gasteiger partial charge in [-0.2, -0.15) is 5.10 Å². The average Bonchev–Trinajstić information content (AvgIpc) is 3.09. The average molecular weight is 375 g/mol. The molecule has 1 aromatic heterocycles. The van der Waals surface area contributed by atoms with Crippen LogP contribution in [0.3, 0.4) is 0 Å². The summed E-state index contributed by atoms with van der Waals surface area (Å²) < 4.78 is 10.4. The molecule has 0 saturated heterocycles. The van der Waals surface area contributed by atoms with Crippen LogP contribution in [0.4, 0.5) is 5.69 Å². The van der Waals surface area contributed by atoms with Gasteiger partial charge in [0.25, 0.3) is 11.8 Å². The van der Waals surface area contributed by atoms with E-state index >= 15 is 0 Å². The molecule has 0 aliphatic heterocycles. The lowest BCUT2D eigenvalue weighted by atomic mass is 10.1. The molecule has 134 valence electrons. The van der Waals surface area contributed by atoms with E-state index in [4.69, 9.17) is 26.8 Å². The smallest absolute Gasteiger partial charge is 0.255 e. The predicted octanol–water partition coefficient (Wildman–Crippen LogP) is 2.34. The fraction of sp³-hybridized carbons (Fsp3) is 0.118. The maximum absolute atomic E-state index is 12.6. The van der Waals surface area contributed by atoms with Crippen LogP contribution in [0.2, 0.25) is 5.02 Å². The van der Waals surface area contributed by atoms with Crippen LogP contribution in [0, 0.1) is 0 Å². The highest BCUT2D eigenvalue weighted by Gasteiger charge is 2.17. The van der Waals surface area contributed by atoms with Gasteiger partial charge in [-0.1, -0.05) is 23.7 Å². The van der Waals surface area contributed by atoms with Crippen molar-refractivity contribution < 1.29 is 19.1 Å². The van der Waals surface area contributed by atoms with Crippen LogP contribution in [0.15, 0.2) is 36.5 Å². The van der Waals surface area contributed by atoms with Gasteiger partial charge in [-0.25, -0.2) is 0 Å². The summed E-state index contributed by atoms with van der Waals surface area (Å²) in [6.07, 6.45) is 1.66. The molecule has 1 heterocycles. The number of aromatic nitrogens is 2. The molecule has 8 nitrogen and oxygen atoms in total. The number of carbonyl (C=O) groups excluding carboxylic acids is 2. The number of primary amides is 1. The maximum atomic E-state index is 12.6. The Balaban J connectivity index is 1.88. The largest absolute Gasteiger partial charge is 0.493 e. The summed E-state index contributed by atoms with van der Waals surface area (Å²) in [6.45, 7) is -0.358. The molecule has 0 fully saturated rings. The zero-order valence-electron chi connectivity index (χ0n) is 13.7. The summed E-state index contributed by atoms with van der Waals surface area (Å²) in [7, 11) is 1.40. The van der Waals surface area contributed by atoms with Crippen molar-refractivity contribution in [3.63, 3.8) is 0 Å². The fourth-order valence-electron chi connectivity index (χ4n) is 2.40. The van der Waals surface area contributed by atoms with Gasteiger partial charge in [-0.05, 0) is 18.2 Å². The number of H-pyrrole nitrogens is 1. The second-order valence-corrected chi connectivity index (χ2v) is 5.75. The number of ether oxygens (including phenoxy) is 2. The number of fused-ring (bicyclic) bond motifs is 1. The third kappa shape index (κ3) is 3.55. The minimum absolute atomic E-state index is 0.121. The molecule has 3 rings (SSSR count). The first-order valence-corrected chi connectivity index (χ1v) is 7.89. The lowest BCUT2D eigenvalue weighted by Gasteiger charge is -2.13. The molecule has 2 amide bonds. The van der Waals surface area contributed by atoms with Gasteiger partial charge < -0.3 is 20.5 Å². The van der Waals surface area contributed by atoms with Gasteiger partial charge in [0.1, 0.15) is 0 Å². The van der Waals surface area contributed by atoms with Gasteiger partial charge in [0.2, 0.25) is 0 Å². The standard InChI is InChI=1S/C17H15ClN4O4/c1-25-13-6-10(5-11(18)16(13)26-8-14(19)23)17(24)21-12-4-2-3-9-7-20-22-15(9)12/h2-7H,8H2,1H3,(H2,19,23)(H,20,22)(H,21,24). The Morgan fingerprint density at radius 1 is 1.35 bits per heavy atom. The number of nitrogens with two attached hydrogens (primary N) is 1. The predicted molar refractivity (Wildman–Crippen MR) is 96.7 cm³/mol. The van der Waals surface area contributed by atoms with E-state index in [1.165, 1.54) is 19.2 Å². The number of nitrogens with one attached hydrogen (secondary N) is 2. The van der Waals surface area contributed by atoms with Crippen LogP contribution in [-0.4, -0.2) is 35.7 Å². The number of benzene rings is 2. The lowest BCUT2D eigenvalue weighted by Crippen LogP contribution is -2.20. The van der Waals surface area contributed by atoms with Gasteiger partial charge in [0.15, 0.2) is 18.1 Å². The van der Waals surface area contributed by atoms with E-state index in [9.17, 15) is 9.59 Å². The van der Waals surface area contributed by atoms with Crippen LogP contribution in [0.25, 0.3) is 10.9 Å². The first-order valence-electron chi connectivity index (χ1n) is 7.51. The zero-order chi connectivity index (χ0) is 18.7. The third-order valence-corrected chi connectivity index (χ3v) is 3.86. The Morgan fingerprint density at radius 3 is 2.88 bits per heavy atom. The number of nitrogens with zero attached hydrogens (tertiary/aromatic N) is 1. The molecule has 3 aromatic rings. The molecular formula is C17H15ClN4O4. The van der Waals surface area contributed by atoms with Crippen molar-refractivity contribution >= 4 is 40.0 Å². The molecule has 0 unspecified atom stereocenters. The van der Waals surface area contributed by atoms with Crippen molar-refractivity contribution in [3.8, 4) is 11.5 Å². The Labute approximate surface area is 153 Å². The molecule has 26 heavy (non-hydrogen) atoms. The SMILES string of the molecule is COc1cc(C(=O)Nc2cccc3cn[nH]c23)cc(Cl)c1OCC(N)=O. The van der Waals surface area contributed by atoms with Crippen molar-refractivity contribution in [2.45, 2.75) is 0 Å². The van der Waals surface area contributed by atoms with E-state index in [1.807, 2.05) is 12.1 Å². The number of rotatable bonds is 6. The number of anilines is 1. The first kappa shape index (κ1) is 17.6. The van der Waals surface area contributed by atoms with E-state index < -0.39 is 11.8 Å². The van der Waals surface area contributed by atoms with Gasteiger partial charge in [0.05, 0.1) is 29.5 Å². The van der Waals surface area contributed by atoms with Gasteiger partial charge >= 0.3 is 0 Å². The number of aromatic amines is 1. The van der Waals surface area contributed by atoms with E-state index in [1.54, 1.807) is 12.3 Å². The highest BCUT2D eigenvalue weighted by atomic mass is 35.5. The monoisotopic (exact) mass is 374 g/mol. The zero-order valence-corrected chi connectivity index (χ0v) is 14.5. The van der Waals surface area contributed by atoms with Crippen LogP contribution >= 0.6 is 11.6 Å². The van der Waals surface area contributed by atoms with Crippen LogP contribution in [0.5, 0.6) is 11.5 Å². The van der Waals surface area contributed by atoms with Crippen LogP contribution in [-0.2, 0) is 4.79 Å². The molecule has 0 aliphatic rings. The van der Waals surface area contributed by atoms with E-state index in [-0.39, 0.29) is 28.7 Å². The summed E-state index contributed by atoms with van der Waals surface area (Å²) in [5, 5.41) is 10.6. The number of hydrogen-bond donors (Lipinski definition) is 3. The van der Waals surface area contributed by atoms with Crippen molar-refractivity contribution in [2.24, 2.45) is 5.73 Å². The van der Waals surface area contributed by atoms with Gasteiger partial charge in [0, 0.05) is 10.9 Å². The second kappa shape index (κ2) is 7.32. The second-order valence-electron chi connectivity index (χ2n) is 5.34. The molecule has 9 heteroatoms. The molecule has 0 aliphatic carbocycles. The Kier molecular flexibility index (Phi) is 4.94. The lowest BCUT2D eigenvalue weighted by molar-refractivity contribution is -0.119. The minimum Gasteiger partial charge on any atom is -0.493 e. The molecule has 4 N–H and O–H groups in total. The Morgan fingerprint density at radius 2 is 2.15 bits per heavy atom. The van der Waals surface area contributed by atoms with Gasteiger partial charge in [-0.3, -0.25) is 14.7 Å². The fourth-order valence-corrected chi connectivity index (χ4v) is 2.67. The summed E-state index contributed by atoms with van der Waals surface area (Å²) >= 11 is 6.17. The highest BCUT2D eigenvalue weighted by Crippen LogP contribution is 2.36. The van der Waals surface area contributed by atoms with Crippen LogP contribution in [0.1, 0.15) is 10.4 Å². The molecule has 0 bridgehead atoms. The minimum atomic E-state index is -0.655. The van der Waals surface area contributed by atoms with Crippen molar-refractivity contribution in [1.82, 2.24) is 10.2 Å². The topological polar surface area (TPSA) is 119 Å². The van der Waals surface area contributed by atoms with E-state index in [0.29, 0.717) is 11.2 Å². The molecule has 2 aromatic carbocycles. The maximum Gasteiger partial charge on any atom is 0.255 e. The number of amides is 2. The first-order chi connectivity index (χ1) is 12.5. The van der Waals surface area contributed by atoms with E-state index in [2.05, 4.69) is 15.5 Å². The summed E-state index contributed by atoms with van der Waals surface area (Å²) in [5.41, 5.74) is 6.61. The molecule has 0 atom stereocenters. The molecule has 0 spiro atoms. The summed E-state index contributed by atoms with van der Waals surface area (Å²) in [6, 6.07) is 8.32. The Bertz CT molecular complexity index is 986. The van der Waals surface area contributed by atoms with E-state index in [0.717, 1.165) is 5.39 Å². The Hall–Kier alpha value is -3.26. The van der Waals surface area contributed by atoms with Crippen molar-refractivity contribution in [3.05, 3.63) is 47.1 Å². The van der Waals surface area contributed by atoms with Crippen molar-refractivity contribution in [2.75, 3.05) is 19.0 Å². The molecular weight excluding hydrogens is 360 g/mol. The number of carbonyl (C=O) groups is 2. The number of para-hydroxylation sites is 1. The normalized spacial score (nSPS) is 10.5. The highest BCUT2D eigenvalue weighted by molar-refractivity contribution is 6.33. The van der Waals surface area contributed by atoms with Crippen molar-refractivity contribution in [1.29, 1.82) is 0 Å². The van der Waals surface area contributed by atoms with Gasteiger partial charge in [-0.15, -0.1) is 0 Å². The van der Waals surface area contributed by atoms with Crippen LogP contribution < -0.4 is 20.5 Å². The number of methoxy groups -OCH3 is 1. The quantitative estimate of drug-likeness (QED) is 0.611. The molecule has 0 radical (unpaired) electrons.